The van der Waals surface area contributed by atoms with Gasteiger partial charge in [0.05, 0.1) is 0 Å². The molecule has 0 unspecified atom stereocenters. The van der Waals surface area contributed by atoms with E-state index in [2.05, 4.69) is 50.1 Å². The van der Waals surface area contributed by atoms with Gasteiger partial charge in [0.2, 0.25) is 0 Å². The van der Waals surface area contributed by atoms with E-state index in [1.165, 1.54) is 22.6 Å². The second-order valence-electron chi connectivity index (χ2n) is 5.46. The van der Waals surface area contributed by atoms with Gasteiger partial charge in [-0.25, -0.2) is 9.97 Å². The molecule has 0 aliphatic carbocycles. The monoisotopic (exact) mass is 298 g/mol. The fourth-order valence-electron chi connectivity index (χ4n) is 2.97. The Bertz CT molecular complexity index is 615. The highest BCUT2D eigenvalue weighted by Gasteiger charge is 2.21. The normalized spacial score (nSPS) is 17.9. The van der Waals surface area contributed by atoms with Crippen LogP contribution in [0.25, 0.3) is 0 Å². The first kappa shape index (κ1) is 13.0. The summed E-state index contributed by atoms with van der Waals surface area (Å²) in [6.45, 7) is 4.06. The van der Waals surface area contributed by atoms with E-state index in [1.54, 1.807) is 6.33 Å². The first-order valence-corrected chi connectivity index (χ1v) is 8.52. The number of hydrogen-bond donors (Lipinski definition) is 0. The number of nitrogens with zero attached hydrogens (tertiary/aromatic N) is 4. The van der Waals surface area contributed by atoms with Crippen molar-refractivity contribution in [3.63, 3.8) is 0 Å². The molecule has 0 amide bonds. The van der Waals surface area contributed by atoms with Crippen LogP contribution in [0.3, 0.4) is 0 Å². The van der Waals surface area contributed by atoms with Crippen LogP contribution in [0.4, 0.5) is 11.6 Å². The Morgan fingerprint density at radius 1 is 0.857 bits per heavy atom. The van der Waals surface area contributed by atoms with Gasteiger partial charge < -0.3 is 9.80 Å². The molecule has 0 spiro atoms. The van der Waals surface area contributed by atoms with Crippen molar-refractivity contribution < 1.29 is 0 Å². The number of fused-ring (bicyclic) bond motifs is 1. The Morgan fingerprint density at radius 2 is 1.48 bits per heavy atom. The van der Waals surface area contributed by atoms with Gasteiger partial charge in [0.25, 0.3) is 0 Å². The minimum atomic E-state index is 0.947. The molecule has 1 saturated heterocycles. The molecular weight excluding hydrogens is 280 g/mol. The molecule has 5 heteroatoms. The molecule has 1 aromatic carbocycles. The van der Waals surface area contributed by atoms with Crippen LogP contribution in [0.2, 0.25) is 0 Å². The van der Waals surface area contributed by atoms with E-state index in [9.17, 15) is 0 Å². The molecule has 0 N–H and O–H groups in total. The second-order valence-corrected chi connectivity index (χ2v) is 6.68. The van der Waals surface area contributed by atoms with Crippen LogP contribution < -0.4 is 9.80 Å². The van der Waals surface area contributed by atoms with Crippen molar-refractivity contribution in [1.82, 2.24) is 9.97 Å². The SMILES string of the molecule is c1ccc2c(c1)CN(c1cc(N3CCSCC3)ncn1)C2. The summed E-state index contributed by atoms with van der Waals surface area (Å²) in [7, 11) is 0. The summed E-state index contributed by atoms with van der Waals surface area (Å²) in [5.74, 6) is 4.48. The third-order valence-corrected chi connectivity index (χ3v) is 5.08. The predicted molar refractivity (Wildman–Crippen MR) is 87.9 cm³/mol. The summed E-state index contributed by atoms with van der Waals surface area (Å²) in [5.41, 5.74) is 2.82. The quantitative estimate of drug-likeness (QED) is 0.851. The zero-order valence-electron chi connectivity index (χ0n) is 11.9. The average Bonchev–Trinajstić information content (AvgIpc) is 3.00. The Hall–Kier alpha value is -1.75. The number of rotatable bonds is 2. The minimum absolute atomic E-state index is 0.947. The zero-order valence-corrected chi connectivity index (χ0v) is 12.7. The number of aromatic nitrogens is 2. The fourth-order valence-corrected chi connectivity index (χ4v) is 3.87. The number of thioether (sulfide) groups is 1. The second kappa shape index (κ2) is 5.56. The van der Waals surface area contributed by atoms with Crippen molar-refractivity contribution in [2.24, 2.45) is 0 Å². The van der Waals surface area contributed by atoms with Gasteiger partial charge in [-0.15, -0.1) is 0 Å². The molecular formula is C16H18N4S. The molecule has 1 fully saturated rings. The molecule has 2 aliphatic rings. The molecule has 2 aliphatic heterocycles. The van der Waals surface area contributed by atoms with Gasteiger partial charge in [-0.2, -0.15) is 11.8 Å². The fraction of sp³-hybridized carbons (Fsp3) is 0.375. The Labute approximate surface area is 129 Å². The van der Waals surface area contributed by atoms with Crippen LogP contribution in [0.5, 0.6) is 0 Å². The van der Waals surface area contributed by atoms with Gasteiger partial charge in [-0.3, -0.25) is 0 Å². The first-order chi connectivity index (χ1) is 10.4. The van der Waals surface area contributed by atoms with Crippen LogP contribution in [-0.2, 0) is 13.1 Å². The van der Waals surface area contributed by atoms with E-state index in [4.69, 9.17) is 0 Å². The summed E-state index contributed by atoms with van der Waals surface area (Å²) >= 11 is 2.02. The molecule has 1 aromatic heterocycles. The van der Waals surface area contributed by atoms with E-state index < -0.39 is 0 Å². The van der Waals surface area contributed by atoms with Crippen LogP contribution >= 0.6 is 11.8 Å². The smallest absolute Gasteiger partial charge is 0.134 e. The summed E-state index contributed by atoms with van der Waals surface area (Å²) in [4.78, 5) is 13.6. The number of anilines is 2. The van der Waals surface area contributed by atoms with Gasteiger partial charge in [-0.05, 0) is 11.1 Å². The Kier molecular flexibility index (Phi) is 3.43. The standard InChI is InChI=1S/C16H18N4S/c1-2-4-14-11-20(10-13(14)3-1)16-9-15(17-12-18-16)19-5-7-21-8-6-19/h1-4,9,12H,5-8,10-11H2. The highest BCUT2D eigenvalue weighted by Crippen LogP contribution is 2.28. The summed E-state index contributed by atoms with van der Waals surface area (Å²) in [5, 5.41) is 0. The van der Waals surface area contributed by atoms with E-state index in [0.29, 0.717) is 0 Å². The third kappa shape index (κ3) is 2.58. The maximum atomic E-state index is 4.48. The minimum Gasteiger partial charge on any atom is -0.355 e. The van der Waals surface area contributed by atoms with Crippen molar-refractivity contribution in [1.29, 1.82) is 0 Å². The number of hydrogen-bond acceptors (Lipinski definition) is 5. The van der Waals surface area contributed by atoms with Crippen molar-refractivity contribution in [2.45, 2.75) is 13.1 Å². The molecule has 21 heavy (non-hydrogen) atoms. The molecule has 2 aromatic rings. The van der Waals surface area contributed by atoms with Gasteiger partial charge in [0.15, 0.2) is 0 Å². The molecule has 0 saturated carbocycles. The summed E-state index contributed by atoms with van der Waals surface area (Å²) in [6.07, 6.45) is 1.70. The van der Waals surface area contributed by atoms with Crippen molar-refractivity contribution in [3.8, 4) is 0 Å². The molecule has 0 bridgehead atoms. The maximum absolute atomic E-state index is 4.48. The van der Waals surface area contributed by atoms with Gasteiger partial charge >= 0.3 is 0 Å². The lowest BCUT2D eigenvalue weighted by Crippen LogP contribution is -2.33. The lowest BCUT2D eigenvalue weighted by molar-refractivity contribution is 0.817. The molecule has 0 atom stereocenters. The van der Waals surface area contributed by atoms with Crippen LogP contribution in [0.1, 0.15) is 11.1 Å². The third-order valence-electron chi connectivity index (χ3n) is 4.14. The number of benzene rings is 1. The predicted octanol–water partition coefficient (Wildman–Crippen LogP) is 2.55. The molecule has 3 heterocycles. The van der Waals surface area contributed by atoms with Crippen molar-refractivity contribution >= 4 is 23.4 Å². The lowest BCUT2D eigenvalue weighted by atomic mass is 10.1. The van der Waals surface area contributed by atoms with E-state index in [0.717, 1.165) is 37.8 Å². The molecule has 108 valence electrons. The summed E-state index contributed by atoms with van der Waals surface area (Å²) < 4.78 is 0. The lowest BCUT2D eigenvalue weighted by Gasteiger charge is -2.28. The highest BCUT2D eigenvalue weighted by atomic mass is 32.2. The van der Waals surface area contributed by atoms with Crippen LogP contribution in [0, 0.1) is 0 Å². The van der Waals surface area contributed by atoms with E-state index in [-0.39, 0.29) is 0 Å². The highest BCUT2D eigenvalue weighted by molar-refractivity contribution is 7.99. The maximum Gasteiger partial charge on any atom is 0.134 e. The zero-order chi connectivity index (χ0) is 14.1. The Morgan fingerprint density at radius 3 is 2.14 bits per heavy atom. The van der Waals surface area contributed by atoms with E-state index >= 15 is 0 Å². The van der Waals surface area contributed by atoms with Crippen LogP contribution in [0.15, 0.2) is 36.7 Å². The van der Waals surface area contributed by atoms with Crippen molar-refractivity contribution in [2.75, 3.05) is 34.4 Å². The Balaban J connectivity index is 1.56. The molecule has 4 nitrogen and oxygen atoms in total. The molecule has 4 rings (SSSR count). The first-order valence-electron chi connectivity index (χ1n) is 7.36. The topological polar surface area (TPSA) is 32.3 Å². The summed E-state index contributed by atoms with van der Waals surface area (Å²) in [6, 6.07) is 10.8. The van der Waals surface area contributed by atoms with Gasteiger partial charge in [0.1, 0.15) is 18.0 Å². The van der Waals surface area contributed by atoms with Gasteiger partial charge in [-0.1, -0.05) is 24.3 Å². The largest absolute Gasteiger partial charge is 0.355 e. The molecule has 0 radical (unpaired) electrons. The van der Waals surface area contributed by atoms with Crippen molar-refractivity contribution in [3.05, 3.63) is 47.8 Å². The average molecular weight is 298 g/mol. The van der Waals surface area contributed by atoms with Crippen LogP contribution in [-0.4, -0.2) is 34.6 Å². The van der Waals surface area contributed by atoms with E-state index in [1.807, 2.05) is 11.8 Å². The van der Waals surface area contributed by atoms with Gasteiger partial charge in [0, 0.05) is 43.8 Å².